The van der Waals surface area contributed by atoms with E-state index in [1.165, 1.54) is 33.1 Å². The normalized spacial score (nSPS) is 18.3. The lowest BCUT2D eigenvalue weighted by Gasteiger charge is -2.39. The molecule has 4 rings (SSSR count). The van der Waals surface area contributed by atoms with E-state index >= 15 is 0 Å². The van der Waals surface area contributed by atoms with Crippen molar-refractivity contribution in [2.75, 3.05) is 27.1 Å². The number of benzene rings is 2. The van der Waals surface area contributed by atoms with Crippen molar-refractivity contribution >= 4 is 23.3 Å². The van der Waals surface area contributed by atoms with E-state index < -0.39 is 5.92 Å². The highest BCUT2D eigenvalue weighted by molar-refractivity contribution is 8.03. The number of nitrogens with zero attached hydrogens (tertiary/aromatic N) is 1. The summed E-state index contributed by atoms with van der Waals surface area (Å²) in [6.45, 7) is 6.09. The molecule has 0 fully saturated rings. The van der Waals surface area contributed by atoms with Gasteiger partial charge in [-0.15, -0.1) is 0 Å². The quantitative estimate of drug-likeness (QED) is 0.432. The van der Waals surface area contributed by atoms with Crippen LogP contribution in [0.3, 0.4) is 0 Å². The van der Waals surface area contributed by atoms with Gasteiger partial charge >= 0.3 is 0 Å². The number of methoxy groups -OCH3 is 3. The second-order valence-corrected chi connectivity index (χ2v) is 11.3. The summed E-state index contributed by atoms with van der Waals surface area (Å²) < 4.78 is 16.6. The number of carbonyl (C=O) groups excluding carboxylic acids is 2. The van der Waals surface area contributed by atoms with Crippen LogP contribution in [0.25, 0.3) is 0 Å². The minimum absolute atomic E-state index is 0.00460. The molecular formula is C30H32N2O5S. The van der Waals surface area contributed by atoms with E-state index in [1.807, 2.05) is 31.2 Å². The summed E-state index contributed by atoms with van der Waals surface area (Å²) in [7, 11) is 4.58. The third-order valence-corrected chi connectivity index (χ3v) is 7.89. The van der Waals surface area contributed by atoms with Gasteiger partial charge in [0.25, 0.3) is 0 Å². The zero-order valence-corrected chi connectivity index (χ0v) is 23.4. The molecule has 0 spiro atoms. The number of nitriles is 1. The van der Waals surface area contributed by atoms with Crippen LogP contribution in [0.5, 0.6) is 17.2 Å². The maximum absolute atomic E-state index is 13.5. The molecule has 38 heavy (non-hydrogen) atoms. The summed E-state index contributed by atoms with van der Waals surface area (Å²) in [5, 5.41) is 14.3. The third-order valence-electron chi connectivity index (χ3n) is 6.87. The first-order chi connectivity index (χ1) is 18.1. The van der Waals surface area contributed by atoms with Crippen LogP contribution in [-0.4, -0.2) is 38.6 Å². The van der Waals surface area contributed by atoms with Crippen LogP contribution >= 0.6 is 11.8 Å². The monoisotopic (exact) mass is 532 g/mol. The van der Waals surface area contributed by atoms with Gasteiger partial charge in [0.1, 0.15) is 0 Å². The smallest absolute Gasteiger partial charge is 0.203 e. The zero-order valence-electron chi connectivity index (χ0n) is 22.6. The molecule has 0 saturated carbocycles. The maximum Gasteiger partial charge on any atom is 0.203 e. The molecule has 2 aliphatic rings. The Morgan fingerprint density at radius 3 is 2.26 bits per heavy atom. The van der Waals surface area contributed by atoms with E-state index in [0.717, 1.165) is 11.3 Å². The largest absolute Gasteiger partial charge is 0.493 e. The molecule has 198 valence electrons. The highest BCUT2D eigenvalue weighted by atomic mass is 32.2. The van der Waals surface area contributed by atoms with Gasteiger partial charge in [-0.3, -0.25) is 9.59 Å². The Labute approximate surface area is 227 Å². The lowest BCUT2D eigenvalue weighted by molar-refractivity contribution is -0.118. The number of dihydropyridines is 1. The first-order valence-corrected chi connectivity index (χ1v) is 13.3. The number of rotatable bonds is 8. The van der Waals surface area contributed by atoms with Crippen LogP contribution in [0.2, 0.25) is 0 Å². The number of allylic oxidation sites excluding steroid dienone is 3. The Balaban J connectivity index is 1.81. The van der Waals surface area contributed by atoms with Gasteiger partial charge in [0.2, 0.25) is 5.75 Å². The molecule has 8 heteroatoms. The Morgan fingerprint density at radius 2 is 1.71 bits per heavy atom. The predicted molar refractivity (Wildman–Crippen MR) is 148 cm³/mol. The molecule has 0 radical (unpaired) electrons. The molecule has 0 unspecified atom stereocenters. The first kappa shape index (κ1) is 27.3. The van der Waals surface area contributed by atoms with Crippen LogP contribution in [0.15, 0.2) is 58.3 Å². The molecule has 7 nitrogen and oxygen atoms in total. The molecule has 1 aliphatic heterocycles. The van der Waals surface area contributed by atoms with E-state index in [-0.39, 0.29) is 22.7 Å². The van der Waals surface area contributed by atoms with E-state index in [0.29, 0.717) is 57.4 Å². The van der Waals surface area contributed by atoms with Crippen molar-refractivity contribution in [1.82, 2.24) is 5.32 Å². The molecule has 1 heterocycles. The highest BCUT2D eigenvalue weighted by Gasteiger charge is 2.42. The van der Waals surface area contributed by atoms with Crippen molar-refractivity contribution in [2.24, 2.45) is 5.41 Å². The lowest BCUT2D eigenvalue weighted by Crippen LogP contribution is -2.37. The van der Waals surface area contributed by atoms with Gasteiger partial charge in [-0.25, -0.2) is 0 Å². The number of carbonyl (C=O) groups is 2. The van der Waals surface area contributed by atoms with Crippen LogP contribution in [0, 0.1) is 23.7 Å². The van der Waals surface area contributed by atoms with Gasteiger partial charge < -0.3 is 19.5 Å². The van der Waals surface area contributed by atoms with Crippen molar-refractivity contribution in [3.63, 3.8) is 0 Å². The number of ketones is 2. The van der Waals surface area contributed by atoms with Gasteiger partial charge in [-0.05, 0) is 36.5 Å². The molecule has 0 amide bonds. The Kier molecular flexibility index (Phi) is 7.89. The minimum atomic E-state index is -0.634. The minimum Gasteiger partial charge on any atom is -0.493 e. The molecule has 0 bridgehead atoms. The van der Waals surface area contributed by atoms with E-state index in [2.05, 4.69) is 25.2 Å². The van der Waals surface area contributed by atoms with Crippen LogP contribution in [0.1, 0.15) is 54.1 Å². The molecular weight excluding hydrogens is 500 g/mol. The summed E-state index contributed by atoms with van der Waals surface area (Å²) in [5.41, 5.74) is 3.89. The maximum atomic E-state index is 13.5. The first-order valence-electron chi connectivity index (χ1n) is 12.3. The second kappa shape index (κ2) is 11.0. The van der Waals surface area contributed by atoms with Crippen molar-refractivity contribution in [2.45, 2.75) is 39.5 Å². The number of nitrogens with one attached hydrogen (secondary N) is 1. The number of Topliss-reactive ketones (excluding diaryl/α,β-unsaturated/α-hetero) is 2. The Morgan fingerprint density at radius 1 is 1.08 bits per heavy atom. The van der Waals surface area contributed by atoms with Crippen LogP contribution < -0.4 is 19.5 Å². The lowest BCUT2D eigenvalue weighted by atomic mass is 9.69. The van der Waals surface area contributed by atoms with E-state index in [4.69, 9.17) is 14.2 Å². The number of aryl methyl sites for hydroxylation is 1. The Hall–Kier alpha value is -3.70. The third kappa shape index (κ3) is 5.30. The summed E-state index contributed by atoms with van der Waals surface area (Å²) in [6, 6.07) is 13.3. The molecule has 0 aromatic heterocycles. The van der Waals surface area contributed by atoms with Gasteiger partial charge in [-0.1, -0.05) is 55.4 Å². The molecule has 2 aromatic rings. The fourth-order valence-electron chi connectivity index (χ4n) is 5.05. The van der Waals surface area contributed by atoms with Gasteiger partial charge in [0.15, 0.2) is 23.1 Å². The SMILES string of the molecule is COc1cc([C@H]2C(C#N)=C(SCC(=O)c3ccc(C)cc3)NC3=C2C(=O)CC(C)(C)C3)cc(OC)c1OC. The summed E-state index contributed by atoms with van der Waals surface area (Å²) in [5.74, 6) is 0.780. The number of thioether (sulfide) groups is 1. The molecule has 1 atom stereocenters. The average Bonchev–Trinajstić information content (AvgIpc) is 2.89. The number of hydrogen-bond donors (Lipinski definition) is 1. The fourth-order valence-corrected chi connectivity index (χ4v) is 6.01. The number of ether oxygens (including phenoxy) is 3. The van der Waals surface area contributed by atoms with E-state index in [1.54, 1.807) is 12.1 Å². The van der Waals surface area contributed by atoms with Gasteiger partial charge in [0, 0.05) is 23.3 Å². The topological polar surface area (TPSA) is 97.7 Å². The second-order valence-electron chi connectivity index (χ2n) is 10.3. The number of hydrogen-bond acceptors (Lipinski definition) is 8. The molecule has 2 aromatic carbocycles. The molecule has 0 saturated heterocycles. The summed E-state index contributed by atoms with van der Waals surface area (Å²) in [6.07, 6.45) is 1.02. The summed E-state index contributed by atoms with van der Waals surface area (Å²) in [4.78, 5) is 26.5. The van der Waals surface area contributed by atoms with Gasteiger partial charge in [-0.2, -0.15) is 5.26 Å². The molecule has 1 aliphatic carbocycles. The van der Waals surface area contributed by atoms with Crippen LogP contribution in [0.4, 0.5) is 0 Å². The predicted octanol–water partition coefficient (Wildman–Crippen LogP) is 5.70. The van der Waals surface area contributed by atoms with Crippen LogP contribution in [-0.2, 0) is 4.79 Å². The average molecular weight is 533 g/mol. The zero-order chi connectivity index (χ0) is 27.6. The Bertz CT molecular complexity index is 1360. The highest BCUT2D eigenvalue weighted by Crippen LogP contribution is 2.50. The van der Waals surface area contributed by atoms with E-state index in [9.17, 15) is 14.9 Å². The standard InChI is InChI=1S/C30H32N2O5S/c1-17-7-9-18(10-8-17)23(34)16-38-29-20(15-31)26(27-21(32-29)13-30(2,3)14-22(27)33)19-11-24(35-4)28(37-6)25(12-19)36-5/h7-12,26,32H,13-14,16H2,1-6H3/t26-/m0/s1. The summed E-state index contributed by atoms with van der Waals surface area (Å²) >= 11 is 1.28. The van der Waals surface area contributed by atoms with Gasteiger partial charge in [0.05, 0.1) is 49.7 Å². The van der Waals surface area contributed by atoms with Crippen molar-refractivity contribution in [3.8, 4) is 23.3 Å². The fraction of sp³-hybridized carbons (Fsp3) is 0.367. The van der Waals surface area contributed by atoms with Crippen molar-refractivity contribution < 1.29 is 23.8 Å². The van der Waals surface area contributed by atoms with Crippen molar-refractivity contribution in [3.05, 3.63) is 75.0 Å². The molecule has 1 N–H and O–H groups in total. The van der Waals surface area contributed by atoms with Crippen molar-refractivity contribution in [1.29, 1.82) is 5.26 Å².